The maximum absolute atomic E-state index is 12.6. The molecule has 0 aliphatic carbocycles. The van der Waals surface area contributed by atoms with Crippen LogP contribution in [0.4, 0.5) is 0 Å². The zero-order chi connectivity index (χ0) is 21.1. The van der Waals surface area contributed by atoms with Crippen LogP contribution in [0.2, 0.25) is 0 Å². The lowest BCUT2D eigenvalue weighted by Crippen LogP contribution is -2.48. The molecule has 7 nitrogen and oxygen atoms in total. The zero-order valence-electron chi connectivity index (χ0n) is 17.7. The fraction of sp³-hybridized carbons (Fsp3) is 0.545. The average molecular weight is 399 g/mol. The van der Waals surface area contributed by atoms with E-state index in [1.54, 1.807) is 18.4 Å². The van der Waals surface area contributed by atoms with Crippen molar-refractivity contribution < 1.29 is 9.59 Å². The van der Waals surface area contributed by atoms with E-state index in [1.165, 1.54) is 0 Å². The minimum atomic E-state index is -0.557. The summed E-state index contributed by atoms with van der Waals surface area (Å²) < 4.78 is 1.61. The fourth-order valence-corrected chi connectivity index (χ4v) is 3.82. The molecule has 1 aromatic heterocycles. The van der Waals surface area contributed by atoms with Gasteiger partial charge in [-0.1, -0.05) is 0 Å². The summed E-state index contributed by atoms with van der Waals surface area (Å²) in [5, 5.41) is 2.79. The Bertz CT molecular complexity index is 990. The Kier molecular flexibility index (Phi) is 6.35. The van der Waals surface area contributed by atoms with Crippen LogP contribution in [-0.2, 0) is 16.1 Å². The van der Waals surface area contributed by atoms with E-state index in [1.807, 2.05) is 30.9 Å². The number of likely N-dealkylation sites (tertiary alicyclic amines) is 1. The predicted octanol–water partition coefficient (Wildman–Crippen LogP) is 2.23. The second-order valence-corrected chi connectivity index (χ2v) is 8.00. The number of carbonyl (C=O) groups excluding carboxylic acids is 2. The minimum Gasteiger partial charge on any atom is -0.345 e. The Hall–Kier alpha value is -2.70. The molecule has 1 N–H and O–H groups in total. The summed E-state index contributed by atoms with van der Waals surface area (Å²) in [6, 6.07) is 3.35. The zero-order valence-corrected chi connectivity index (χ0v) is 17.7. The van der Waals surface area contributed by atoms with Crippen molar-refractivity contribution in [2.24, 2.45) is 0 Å². The van der Waals surface area contributed by atoms with E-state index in [-0.39, 0.29) is 30.3 Å². The number of aryl methyl sites for hydroxylation is 4. The number of piperidine rings is 1. The van der Waals surface area contributed by atoms with Crippen LogP contribution < -0.4 is 10.9 Å². The SMILES string of the molecule is Cc1cc2nc(C)c(=O)n(CCC(=O)N[C@H](C)C(=O)N3CCCCC3)c2cc1C. The quantitative estimate of drug-likeness (QED) is 0.837. The lowest BCUT2D eigenvalue weighted by molar-refractivity contribution is -0.136. The maximum Gasteiger partial charge on any atom is 0.272 e. The highest BCUT2D eigenvalue weighted by Gasteiger charge is 2.23. The monoisotopic (exact) mass is 398 g/mol. The summed E-state index contributed by atoms with van der Waals surface area (Å²) in [5.74, 6) is -0.271. The first kappa shape index (κ1) is 21.0. The molecule has 0 unspecified atom stereocenters. The minimum absolute atomic E-state index is 0.0356. The van der Waals surface area contributed by atoms with E-state index in [4.69, 9.17) is 0 Å². The molecule has 1 aromatic carbocycles. The predicted molar refractivity (Wildman–Crippen MR) is 113 cm³/mol. The van der Waals surface area contributed by atoms with Gasteiger partial charge in [0.15, 0.2) is 0 Å². The van der Waals surface area contributed by atoms with Crippen LogP contribution in [0.25, 0.3) is 11.0 Å². The van der Waals surface area contributed by atoms with Crippen molar-refractivity contribution in [2.75, 3.05) is 13.1 Å². The topological polar surface area (TPSA) is 84.3 Å². The molecule has 1 atom stereocenters. The largest absolute Gasteiger partial charge is 0.345 e. The van der Waals surface area contributed by atoms with Gasteiger partial charge < -0.3 is 14.8 Å². The summed E-state index contributed by atoms with van der Waals surface area (Å²) in [7, 11) is 0. The summed E-state index contributed by atoms with van der Waals surface area (Å²) in [5.41, 5.74) is 3.88. The summed E-state index contributed by atoms with van der Waals surface area (Å²) in [6.45, 7) is 9.17. The third-order valence-electron chi connectivity index (χ3n) is 5.70. The number of rotatable bonds is 5. The molecule has 1 aliphatic rings. The Labute approximate surface area is 171 Å². The number of nitrogens with one attached hydrogen (secondary N) is 1. The molecule has 0 radical (unpaired) electrons. The van der Waals surface area contributed by atoms with Crippen molar-refractivity contribution in [2.45, 2.75) is 66.0 Å². The molecule has 7 heteroatoms. The van der Waals surface area contributed by atoms with Crippen molar-refractivity contribution in [3.63, 3.8) is 0 Å². The maximum atomic E-state index is 12.6. The highest BCUT2D eigenvalue weighted by atomic mass is 16.2. The Balaban J connectivity index is 1.70. The fourth-order valence-electron chi connectivity index (χ4n) is 3.82. The number of nitrogens with zero attached hydrogens (tertiary/aromatic N) is 3. The van der Waals surface area contributed by atoms with Crippen molar-refractivity contribution in [3.05, 3.63) is 39.3 Å². The Morgan fingerprint density at radius 1 is 1.10 bits per heavy atom. The molecule has 1 aliphatic heterocycles. The van der Waals surface area contributed by atoms with Crippen molar-refractivity contribution >= 4 is 22.8 Å². The van der Waals surface area contributed by atoms with Crippen LogP contribution in [0.5, 0.6) is 0 Å². The molecule has 2 amide bonds. The van der Waals surface area contributed by atoms with Crippen LogP contribution in [0.3, 0.4) is 0 Å². The first-order valence-electron chi connectivity index (χ1n) is 10.3. The summed E-state index contributed by atoms with van der Waals surface area (Å²) >= 11 is 0. The van der Waals surface area contributed by atoms with Gasteiger partial charge in [0.05, 0.1) is 11.0 Å². The molecule has 29 heavy (non-hydrogen) atoms. The number of hydrogen-bond acceptors (Lipinski definition) is 4. The Morgan fingerprint density at radius 3 is 2.45 bits per heavy atom. The van der Waals surface area contributed by atoms with Gasteiger partial charge in [-0.25, -0.2) is 4.98 Å². The van der Waals surface area contributed by atoms with Crippen molar-refractivity contribution in [1.29, 1.82) is 0 Å². The van der Waals surface area contributed by atoms with Crippen LogP contribution in [0, 0.1) is 20.8 Å². The first-order chi connectivity index (χ1) is 13.8. The second kappa shape index (κ2) is 8.76. The lowest BCUT2D eigenvalue weighted by Gasteiger charge is -2.29. The van der Waals surface area contributed by atoms with Gasteiger partial charge in [-0.05, 0) is 70.2 Å². The molecule has 1 fully saturated rings. The number of hydrogen-bond donors (Lipinski definition) is 1. The highest BCUT2D eigenvalue weighted by Crippen LogP contribution is 2.17. The van der Waals surface area contributed by atoms with E-state index < -0.39 is 6.04 Å². The van der Waals surface area contributed by atoms with Crippen molar-refractivity contribution in [1.82, 2.24) is 19.8 Å². The molecule has 156 valence electrons. The van der Waals surface area contributed by atoms with Crippen LogP contribution >= 0.6 is 0 Å². The second-order valence-electron chi connectivity index (χ2n) is 8.00. The van der Waals surface area contributed by atoms with E-state index >= 15 is 0 Å². The third kappa shape index (κ3) is 4.66. The lowest BCUT2D eigenvalue weighted by atomic mass is 10.1. The molecule has 0 saturated carbocycles. The number of fused-ring (bicyclic) bond motifs is 1. The summed E-state index contributed by atoms with van der Waals surface area (Å²) in [6.07, 6.45) is 3.31. The average Bonchev–Trinajstić information content (AvgIpc) is 2.70. The third-order valence-corrected chi connectivity index (χ3v) is 5.70. The van der Waals surface area contributed by atoms with Crippen molar-refractivity contribution in [3.8, 4) is 0 Å². The van der Waals surface area contributed by atoms with Gasteiger partial charge in [0.2, 0.25) is 11.8 Å². The number of amides is 2. The molecule has 3 rings (SSSR count). The normalized spacial score (nSPS) is 15.4. The Morgan fingerprint density at radius 2 is 1.76 bits per heavy atom. The van der Waals surface area contributed by atoms with Gasteiger partial charge in [0.25, 0.3) is 5.56 Å². The van der Waals surface area contributed by atoms with E-state index in [0.29, 0.717) is 5.69 Å². The highest BCUT2D eigenvalue weighted by molar-refractivity contribution is 5.87. The molecule has 2 heterocycles. The van der Waals surface area contributed by atoms with Crippen LogP contribution in [0.1, 0.15) is 49.4 Å². The van der Waals surface area contributed by atoms with Gasteiger partial charge >= 0.3 is 0 Å². The van der Waals surface area contributed by atoms with E-state index in [0.717, 1.165) is 54.5 Å². The number of benzene rings is 1. The molecule has 0 bridgehead atoms. The van der Waals surface area contributed by atoms with Crippen LogP contribution in [-0.4, -0.2) is 45.4 Å². The first-order valence-corrected chi connectivity index (χ1v) is 10.3. The van der Waals surface area contributed by atoms with E-state index in [9.17, 15) is 14.4 Å². The molecule has 2 aromatic rings. The van der Waals surface area contributed by atoms with Crippen LogP contribution in [0.15, 0.2) is 16.9 Å². The van der Waals surface area contributed by atoms with Gasteiger partial charge in [-0.2, -0.15) is 0 Å². The van der Waals surface area contributed by atoms with E-state index in [2.05, 4.69) is 10.3 Å². The summed E-state index contributed by atoms with van der Waals surface area (Å²) in [4.78, 5) is 43.8. The van der Waals surface area contributed by atoms with Gasteiger partial charge in [0, 0.05) is 26.1 Å². The molecular formula is C22H30N4O3. The molecule has 1 saturated heterocycles. The smallest absolute Gasteiger partial charge is 0.272 e. The molecular weight excluding hydrogens is 368 g/mol. The standard InChI is InChI=1S/C22H30N4O3/c1-14-12-18-19(13-15(14)2)26(22(29)17(4)23-18)11-8-20(27)24-16(3)21(28)25-9-6-5-7-10-25/h12-13,16H,5-11H2,1-4H3,(H,24,27)/t16-/m1/s1. The number of aromatic nitrogens is 2. The van der Waals surface area contributed by atoms with Gasteiger partial charge in [-0.15, -0.1) is 0 Å². The number of carbonyl (C=O) groups is 2. The van der Waals surface area contributed by atoms with Gasteiger partial charge in [0.1, 0.15) is 11.7 Å². The van der Waals surface area contributed by atoms with Gasteiger partial charge in [-0.3, -0.25) is 14.4 Å². The molecule has 0 spiro atoms.